The maximum Gasteiger partial charge on any atom is 0.246 e. The summed E-state index contributed by atoms with van der Waals surface area (Å²) in [4.78, 5) is 28.8. The van der Waals surface area contributed by atoms with Crippen LogP contribution in [0.3, 0.4) is 0 Å². The van der Waals surface area contributed by atoms with Crippen molar-refractivity contribution in [2.45, 2.75) is 37.1 Å². The van der Waals surface area contributed by atoms with Gasteiger partial charge in [-0.3, -0.25) is 9.59 Å². The van der Waals surface area contributed by atoms with E-state index in [0.29, 0.717) is 18.7 Å². The minimum absolute atomic E-state index is 0.000400. The van der Waals surface area contributed by atoms with Crippen molar-refractivity contribution in [3.05, 3.63) is 57.5 Å². The fourth-order valence-electron chi connectivity index (χ4n) is 3.72. The molecule has 3 atom stereocenters. The summed E-state index contributed by atoms with van der Waals surface area (Å²) in [6, 6.07) is 7.88. The van der Waals surface area contributed by atoms with Crippen molar-refractivity contribution < 1.29 is 14.0 Å². The third-order valence-corrected chi connectivity index (χ3v) is 7.57. The van der Waals surface area contributed by atoms with E-state index in [1.807, 2.05) is 4.90 Å². The van der Waals surface area contributed by atoms with Gasteiger partial charge < -0.3 is 10.2 Å². The number of nitrogens with zero attached hydrogens (tertiary/aromatic N) is 1. The molecule has 1 aromatic carbocycles. The van der Waals surface area contributed by atoms with E-state index in [0.717, 1.165) is 12.0 Å². The smallest absolute Gasteiger partial charge is 0.246 e. The van der Waals surface area contributed by atoms with Crippen LogP contribution >= 0.6 is 23.1 Å². The van der Waals surface area contributed by atoms with Gasteiger partial charge in [0.25, 0.3) is 0 Å². The van der Waals surface area contributed by atoms with Crippen LogP contribution in [0.5, 0.6) is 0 Å². The predicted octanol–water partition coefficient (Wildman–Crippen LogP) is 3.18. The molecular formula is C20H21FN2O2S2. The zero-order chi connectivity index (χ0) is 19.0. The minimum atomic E-state index is -0.477. The van der Waals surface area contributed by atoms with Crippen LogP contribution in [0.25, 0.3) is 0 Å². The second-order valence-corrected chi connectivity index (χ2v) is 9.21. The summed E-state index contributed by atoms with van der Waals surface area (Å²) in [5.41, 5.74) is 2.15. The molecule has 4 rings (SSSR count). The van der Waals surface area contributed by atoms with Crippen LogP contribution < -0.4 is 5.32 Å². The molecule has 3 heterocycles. The molecule has 1 fully saturated rings. The third-order valence-electron chi connectivity index (χ3n) is 5.27. The zero-order valence-electron chi connectivity index (χ0n) is 15.0. The molecule has 1 saturated heterocycles. The Bertz CT molecular complexity index is 852. The lowest BCUT2D eigenvalue weighted by Gasteiger charge is -2.38. The number of hydrogen-bond acceptors (Lipinski definition) is 4. The summed E-state index contributed by atoms with van der Waals surface area (Å²) in [6.07, 6.45) is 1.42. The third kappa shape index (κ3) is 3.75. The van der Waals surface area contributed by atoms with Crippen molar-refractivity contribution in [3.63, 3.8) is 0 Å². The van der Waals surface area contributed by atoms with Gasteiger partial charge in [-0.1, -0.05) is 12.1 Å². The average Bonchev–Trinajstić information content (AvgIpc) is 3.15. The summed E-state index contributed by atoms with van der Waals surface area (Å²) in [6.45, 7) is 2.75. The molecule has 0 radical (unpaired) electrons. The Labute approximate surface area is 166 Å². The molecule has 0 bridgehead atoms. The molecule has 0 aliphatic carbocycles. The van der Waals surface area contributed by atoms with Crippen LogP contribution in [0.15, 0.2) is 35.7 Å². The summed E-state index contributed by atoms with van der Waals surface area (Å²) in [5, 5.41) is 4.74. The molecule has 2 aromatic rings. The number of carbonyl (C=O) groups is 2. The lowest BCUT2D eigenvalue weighted by Crippen LogP contribution is -2.56. The Morgan fingerprint density at radius 2 is 2.07 bits per heavy atom. The second-order valence-electron chi connectivity index (χ2n) is 6.97. The number of thioether (sulfide) groups is 1. The van der Waals surface area contributed by atoms with Crippen molar-refractivity contribution in [3.8, 4) is 0 Å². The van der Waals surface area contributed by atoms with Gasteiger partial charge in [-0.2, -0.15) is 0 Å². The van der Waals surface area contributed by atoms with Crippen LogP contribution in [0.4, 0.5) is 4.39 Å². The number of hydrogen-bond donors (Lipinski definition) is 1. The summed E-state index contributed by atoms with van der Waals surface area (Å²) < 4.78 is 13.0. The Balaban J connectivity index is 1.38. The fraction of sp³-hybridized carbons (Fsp3) is 0.400. The number of nitrogens with one attached hydrogen (secondary N) is 1. The SMILES string of the molecule is CC1c2ccsc2CCN1C(=O)C1CSC(Cc2ccc(F)cc2)C(=O)N1. The van der Waals surface area contributed by atoms with E-state index in [2.05, 4.69) is 23.7 Å². The predicted molar refractivity (Wildman–Crippen MR) is 106 cm³/mol. The van der Waals surface area contributed by atoms with Crippen LogP contribution in [0.2, 0.25) is 0 Å². The molecule has 1 aromatic heterocycles. The quantitative estimate of drug-likeness (QED) is 0.855. The molecular weight excluding hydrogens is 383 g/mol. The number of benzene rings is 1. The molecule has 2 aliphatic heterocycles. The van der Waals surface area contributed by atoms with E-state index in [1.54, 1.807) is 23.5 Å². The maximum absolute atomic E-state index is 13.0. The van der Waals surface area contributed by atoms with Crippen molar-refractivity contribution in [1.29, 1.82) is 0 Å². The Kier molecular flexibility index (Phi) is 5.23. The van der Waals surface area contributed by atoms with Gasteiger partial charge in [-0.15, -0.1) is 23.1 Å². The highest BCUT2D eigenvalue weighted by molar-refractivity contribution is 8.00. The molecule has 0 spiro atoms. The molecule has 7 heteroatoms. The van der Waals surface area contributed by atoms with Crippen molar-refractivity contribution in [2.24, 2.45) is 0 Å². The number of carbonyl (C=O) groups excluding carboxylic acids is 2. The van der Waals surface area contributed by atoms with Crippen LogP contribution in [0.1, 0.15) is 29.0 Å². The number of thiophene rings is 1. The zero-order valence-corrected chi connectivity index (χ0v) is 16.6. The number of amides is 2. The Morgan fingerprint density at radius 1 is 1.30 bits per heavy atom. The van der Waals surface area contributed by atoms with Gasteiger partial charge >= 0.3 is 0 Å². The van der Waals surface area contributed by atoms with Crippen molar-refractivity contribution in [1.82, 2.24) is 10.2 Å². The fourth-order valence-corrected chi connectivity index (χ4v) is 5.87. The largest absolute Gasteiger partial charge is 0.343 e. The van der Waals surface area contributed by atoms with Crippen LogP contribution in [-0.2, 0) is 22.4 Å². The Morgan fingerprint density at radius 3 is 2.81 bits per heavy atom. The molecule has 4 nitrogen and oxygen atoms in total. The number of halogens is 1. The van der Waals surface area contributed by atoms with Crippen molar-refractivity contribution in [2.75, 3.05) is 12.3 Å². The molecule has 2 aliphatic rings. The highest BCUT2D eigenvalue weighted by Gasteiger charge is 2.37. The lowest BCUT2D eigenvalue weighted by molar-refractivity contribution is -0.138. The molecule has 2 amide bonds. The average molecular weight is 405 g/mol. The van der Waals surface area contributed by atoms with E-state index >= 15 is 0 Å². The lowest BCUT2D eigenvalue weighted by atomic mass is 10.0. The summed E-state index contributed by atoms with van der Waals surface area (Å²) in [7, 11) is 0. The van der Waals surface area contributed by atoms with E-state index < -0.39 is 6.04 Å². The normalized spacial score (nSPS) is 25.0. The van der Waals surface area contributed by atoms with Gasteiger partial charge in [0.05, 0.1) is 11.3 Å². The number of rotatable bonds is 3. The highest BCUT2D eigenvalue weighted by Crippen LogP contribution is 2.34. The number of fused-ring (bicyclic) bond motifs is 1. The topological polar surface area (TPSA) is 49.4 Å². The van der Waals surface area contributed by atoms with E-state index in [9.17, 15) is 14.0 Å². The van der Waals surface area contributed by atoms with Gasteiger partial charge in [0.15, 0.2) is 0 Å². The highest BCUT2D eigenvalue weighted by atomic mass is 32.2. The first kappa shape index (κ1) is 18.5. The molecule has 27 heavy (non-hydrogen) atoms. The first-order valence-corrected chi connectivity index (χ1v) is 11.0. The first-order chi connectivity index (χ1) is 13.0. The van der Waals surface area contributed by atoms with Crippen molar-refractivity contribution >= 4 is 34.9 Å². The standard InChI is InChI=1S/C20H21FN2O2S2/c1-12-15-7-9-26-17(15)6-8-23(12)20(25)16-11-27-18(19(24)22-16)10-13-2-4-14(21)5-3-13/h2-5,7,9,12,16,18H,6,8,10-11H2,1H3,(H,22,24). The van der Waals surface area contributed by atoms with Gasteiger partial charge in [0.1, 0.15) is 11.9 Å². The monoisotopic (exact) mass is 404 g/mol. The van der Waals surface area contributed by atoms with Gasteiger partial charge in [-0.25, -0.2) is 4.39 Å². The van der Waals surface area contributed by atoms with Gasteiger partial charge in [0.2, 0.25) is 11.8 Å². The summed E-state index contributed by atoms with van der Waals surface area (Å²) in [5.74, 6) is 0.167. The molecule has 0 saturated carbocycles. The van der Waals surface area contributed by atoms with E-state index in [4.69, 9.17) is 0 Å². The van der Waals surface area contributed by atoms with E-state index in [1.165, 1.54) is 34.3 Å². The summed E-state index contributed by atoms with van der Waals surface area (Å²) >= 11 is 3.25. The molecule has 3 unspecified atom stereocenters. The van der Waals surface area contributed by atoms with Gasteiger partial charge in [0, 0.05) is 17.2 Å². The molecule has 1 N–H and O–H groups in total. The second kappa shape index (κ2) is 7.64. The van der Waals surface area contributed by atoms with E-state index in [-0.39, 0.29) is 28.9 Å². The maximum atomic E-state index is 13.0. The molecule has 142 valence electrons. The Hall–Kier alpha value is -1.86. The van der Waals surface area contributed by atoms with Crippen LogP contribution in [-0.4, -0.2) is 40.3 Å². The first-order valence-electron chi connectivity index (χ1n) is 9.06. The minimum Gasteiger partial charge on any atom is -0.343 e. The van der Waals surface area contributed by atoms with Gasteiger partial charge in [-0.05, 0) is 54.5 Å². The van der Waals surface area contributed by atoms with Crippen LogP contribution in [0, 0.1) is 5.82 Å².